The van der Waals surface area contributed by atoms with E-state index in [1.165, 1.54) is 6.08 Å². The Morgan fingerprint density at radius 2 is 1.84 bits per heavy atom. The Morgan fingerprint density at radius 1 is 1.08 bits per heavy atom. The molecule has 0 spiro atoms. The van der Waals surface area contributed by atoms with Crippen molar-refractivity contribution in [1.29, 1.82) is 0 Å². The maximum absolute atomic E-state index is 12.0. The van der Waals surface area contributed by atoms with Crippen LogP contribution < -0.4 is 14.8 Å². The second-order valence-electron chi connectivity index (χ2n) is 5.53. The van der Waals surface area contributed by atoms with Crippen molar-refractivity contribution < 1.29 is 14.3 Å². The molecule has 0 bridgehead atoms. The molecular weight excluding hydrogens is 361 g/mol. The van der Waals surface area contributed by atoms with Gasteiger partial charge in [0.15, 0.2) is 11.5 Å². The van der Waals surface area contributed by atoms with E-state index < -0.39 is 0 Å². The van der Waals surface area contributed by atoms with E-state index in [9.17, 15) is 4.79 Å². The first-order chi connectivity index (χ1) is 11.9. The average Bonchev–Trinajstić information content (AvgIpc) is 2.57. The van der Waals surface area contributed by atoms with Crippen molar-refractivity contribution in [1.82, 2.24) is 0 Å². The molecule has 6 heteroatoms. The van der Waals surface area contributed by atoms with Crippen LogP contribution in [0.3, 0.4) is 0 Å². The Morgan fingerprint density at radius 3 is 2.48 bits per heavy atom. The summed E-state index contributed by atoms with van der Waals surface area (Å²) in [5.41, 5.74) is 1.39. The zero-order valence-electron chi connectivity index (χ0n) is 14.2. The van der Waals surface area contributed by atoms with Crippen molar-refractivity contribution in [2.24, 2.45) is 0 Å². The Hall–Kier alpha value is -2.17. The summed E-state index contributed by atoms with van der Waals surface area (Å²) in [5, 5.41) is 3.54. The smallest absolute Gasteiger partial charge is 0.248 e. The number of rotatable bonds is 6. The van der Waals surface area contributed by atoms with Crippen LogP contribution in [0.2, 0.25) is 10.0 Å². The second-order valence-corrected chi connectivity index (χ2v) is 6.34. The molecule has 1 N–H and O–H groups in total. The van der Waals surface area contributed by atoms with Gasteiger partial charge in [-0.15, -0.1) is 0 Å². The van der Waals surface area contributed by atoms with Gasteiger partial charge in [0.05, 0.1) is 23.3 Å². The number of amides is 1. The number of benzene rings is 2. The summed E-state index contributed by atoms with van der Waals surface area (Å²) in [4.78, 5) is 12.0. The molecule has 25 heavy (non-hydrogen) atoms. The number of hydrogen-bond donors (Lipinski definition) is 1. The van der Waals surface area contributed by atoms with Gasteiger partial charge in [0.2, 0.25) is 5.91 Å². The Labute approximate surface area is 157 Å². The molecule has 2 rings (SSSR count). The van der Waals surface area contributed by atoms with E-state index in [1.54, 1.807) is 37.5 Å². The zero-order chi connectivity index (χ0) is 18.4. The molecule has 0 atom stereocenters. The van der Waals surface area contributed by atoms with Crippen LogP contribution in [0.4, 0.5) is 5.69 Å². The molecule has 2 aromatic carbocycles. The summed E-state index contributed by atoms with van der Waals surface area (Å²) in [6, 6.07) is 10.4. The SMILES string of the molecule is COc1cc(/C=C/C(=O)Nc2ccc(Cl)c(Cl)c2)ccc1OC(C)C. The Balaban J connectivity index is 2.07. The number of ether oxygens (including phenoxy) is 2. The molecule has 1 amide bonds. The van der Waals surface area contributed by atoms with E-state index in [1.807, 2.05) is 26.0 Å². The molecule has 0 unspecified atom stereocenters. The molecule has 0 saturated carbocycles. The van der Waals surface area contributed by atoms with Crippen molar-refractivity contribution in [3.63, 3.8) is 0 Å². The van der Waals surface area contributed by atoms with Crippen LogP contribution in [0.1, 0.15) is 19.4 Å². The van der Waals surface area contributed by atoms with E-state index >= 15 is 0 Å². The van der Waals surface area contributed by atoms with E-state index in [-0.39, 0.29) is 12.0 Å². The van der Waals surface area contributed by atoms with Gasteiger partial charge in [0.25, 0.3) is 0 Å². The van der Waals surface area contributed by atoms with E-state index in [0.29, 0.717) is 27.2 Å². The summed E-state index contributed by atoms with van der Waals surface area (Å²) in [5.74, 6) is 0.996. The lowest BCUT2D eigenvalue weighted by Gasteiger charge is -2.13. The first-order valence-corrected chi connectivity index (χ1v) is 8.43. The molecule has 0 aliphatic heterocycles. The summed E-state index contributed by atoms with van der Waals surface area (Å²) >= 11 is 11.8. The van der Waals surface area contributed by atoms with E-state index in [0.717, 1.165) is 5.56 Å². The fourth-order valence-corrected chi connectivity index (χ4v) is 2.37. The molecule has 0 radical (unpaired) electrons. The highest BCUT2D eigenvalue weighted by atomic mass is 35.5. The summed E-state index contributed by atoms with van der Waals surface area (Å²) in [7, 11) is 1.58. The minimum absolute atomic E-state index is 0.0484. The third kappa shape index (κ3) is 5.69. The van der Waals surface area contributed by atoms with Gasteiger partial charge < -0.3 is 14.8 Å². The van der Waals surface area contributed by atoms with Crippen LogP contribution in [0.15, 0.2) is 42.5 Å². The monoisotopic (exact) mass is 379 g/mol. The van der Waals surface area contributed by atoms with Gasteiger partial charge >= 0.3 is 0 Å². The topological polar surface area (TPSA) is 47.6 Å². The fraction of sp³-hybridized carbons (Fsp3) is 0.211. The molecule has 4 nitrogen and oxygen atoms in total. The molecule has 0 aliphatic carbocycles. The predicted octanol–water partition coefficient (Wildman–Crippen LogP) is 5.44. The summed E-state index contributed by atoms with van der Waals surface area (Å²) in [6.45, 7) is 3.89. The maximum atomic E-state index is 12.0. The minimum atomic E-state index is -0.278. The highest BCUT2D eigenvalue weighted by Crippen LogP contribution is 2.29. The number of halogens is 2. The van der Waals surface area contributed by atoms with Crippen LogP contribution >= 0.6 is 23.2 Å². The zero-order valence-corrected chi connectivity index (χ0v) is 15.7. The Kier molecular flexibility index (Phi) is 6.73. The van der Waals surface area contributed by atoms with E-state index in [4.69, 9.17) is 32.7 Å². The summed E-state index contributed by atoms with van der Waals surface area (Å²) in [6.07, 6.45) is 3.17. The molecule has 0 aromatic heterocycles. The van der Waals surface area contributed by atoms with Crippen molar-refractivity contribution in [3.8, 4) is 11.5 Å². The van der Waals surface area contributed by atoms with Crippen molar-refractivity contribution >= 4 is 40.9 Å². The van der Waals surface area contributed by atoms with Gasteiger partial charge in [0, 0.05) is 11.8 Å². The lowest BCUT2D eigenvalue weighted by molar-refractivity contribution is -0.111. The standard InChI is InChI=1S/C19H19Cl2NO3/c1-12(2)25-17-8-4-13(10-18(17)24-3)5-9-19(23)22-14-6-7-15(20)16(21)11-14/h4-12H,1-3H3,(H,22,23)/b9-5+. The third-order valence-electron chi connectivity index (χ3n) is 3.16. The van der Waals surface area contributed by atoms with Gasteiger partial charge in [0.1, 0.15) is 0 Å². The van der Waals surface area contributed by atoms with Crippen LogP contribution in [-0.4, -0.2) is 19.1 Å². The van der Waals surface area contributed by atoms with Gasteiger partial charge in [-0.3, -0.25) is 4.79 Å². The molecule has 132 valence electrons. The molecule has 0 fully saturated rings. The minimum Gasteiger partial charge on any atom is -0.493 e. The maximum Gasteiger partial charge on any atom is 0.248 e. The highest BCUT2D eigenvalue weighted by Gasteiger charge is 2.07. The predicted molar refractivity (Wildman–Crippen MR) is 103 cm³/mol. The number of carbonyl (C=O) groups is 1. The quantitative estimate of drug-likeness (QED) is 0.679. The third-order valence-corrected chi connectivity index (χ3v) is 3.90. The van der Waals surface area contributed by atoms with Crippen molar-refractivity contribution in [3.05, 3.63) is 58.1 Å². The number of carbonyl (C=O) groups excluding carboxylic acids is 1. The number of anilines is 1. The van der Waals surface area contributed by atoms with Gasteiger partial charge in [-0.25, -0.2) is 0 Å². The van der Waals surface area contributed by atoms with Gasteiger partial charge in [-0.2, -0.15) is 0 Å². The average molecular weight is 380 g/mol. The van der Waals surface area contributed by atoms with Gasteiger partial charge in [-0.05, 0) is 55.8 Å². The normalized spacial score (nSPS) is 11.0. The first kappa shape index (κ1) is 19.2. The van der Waals surface area contributed by atoms with Crippen LogP contribution in [0, 0.1) is 0 Å². The second kappa shape index (κ2) is 8.79. The first-order valence-electron chi connectivity index (χ1n) is 7.68. The lowest BCUT2D eigenvalue weighted by atomic mass is 10.2. The van der Waals surface area contributed by atoms with E-state index in [2.05, 4.69) is 5.32 Å². The fourth-order valence-electron chi connectivity index (χ4n) is 2.07. The van der Waals surface area contributed by atoms with Crippen molar-refractivity contribution in [2.75, 3.05) is 12.4 Å². The highest BCUT2D eigenvalue weighted by molar-refractivity contribution is 6.42. The van der Waals surface area contributed by atoms with Gasteiger partial charge in [-0.1, -0.05) is 29.3 Å². The summed E-state index contributed by atoms with van der Waals surface area (Å²) < 4.78 is 11.0. The molecule has 0 aliphatic rings. The van der Waals surface area contributed by atoms with Crippen molar-refractivity contribution in [2.45, 2.75) is 20.0 Å². The lowest BCUT2D eigenvalue weighted by Crippen LogP contribution is -2.07. The Bertz CT molecular complexity index is 788. The number of methoxy groups -OCH3 is 1. The molecule has 0 saturated heterocycles. The number of nitrogens with one attached hydrogen (secondary N) is 1. The van der Waals surface area contributed by atoms with Crippen LogP contribution in [0.5, 0.6) is 11.5 Å². The number of hydrogen-bond acceptors (Lipinski definition) is 3. The van der Waals surface area contributed by atoms with Crippen LogP contribution in [-0.2, 0) is 4.79 Å². The molecule has 0 heterocycles. The molecular formula is C19H19Cl2NO3. The van der Waals surface area contributed by atoms with Crippen LogP contribution in [0.25, 0.3) is 6.08 Å². The largest absolute Gasteiger partial charge is 0.493 e. The molecule has 2 aromatic rings.